The summed E-state index contributed by atoms with van der Waals surface area (Å²) in [4.78, 5) is 12.4. The van der Waals surface area contributed by atoms with E-state index in [9.17, 15) is 4.79 Å². The molecule has 0 aliphatic carbocycles. The van der Waals surface area contributed by atoms with Crippen LogP contribution in [-0.4, -0.2) is 35.1 Å². The van der Waals surface area contributed by atoms with Crippen molar-refractivity contribution in [2.75, 3.05) is 24.4 Å². The van der Waals surface area contributed by atoms with Gasteiger partial charge in [0.1, 0.15) is 11.5 Å². The topological polar surface area (TPSA) is 85.4 Å². The first-order valence-electron chi connectivity index (χ1n) is 9.03. The van der Waals surface area contributed by atoms with Gasteiger partial charge in [0.15, 0.2) is 4.34 Å². The Morgan fingerprint density at radius 1 is 1.17 bits per heavy atom. The molecule has 0 radical (unpaired) electrons. The molecule has 9 heteroatoms. The number of ether oxygens (including phenoxy) is 2. The van der Waals surface area contributed by atoms with Crippen LogP contribution in [0.2, 0.25) is 0 Å². The van der Waals surface area contributed by atoms with Gasteiger partial charge in [0.25, 0.3) is 0 Å². The Hall–Kier alpha value is -2.78. The Bertz CT molecular complexity index is 947. The maximum atomic E-state index is 12.4. The monoisotopic (exact) mass is 430 g/mol. The molecule has 0 aliphatic rings. The van der Waals surface area contributed by atoms with Gasteiger partial charge in [-0.15, -0.1) is 10.2 Å². The largest absolute Gasteiger partial charge is 0.497 e. The fourth-order valence-electron chi connectivity index (χ4n) is 2.40. The number of nitrogens with zero attached hydrogens (tertiary/aromatic N) is 2. The maximum absolute atomic E-state index is 12.4. The van der Waals surface area contributed by atoms with Crippen LogP contribution in [0, 0.1) is 0 Å². The zero-order valence-electron chi connectivity index (χ0n) is 16.3. The molecule has 0 bridgehead atoms. The third kappa shape index (κ3) is 5.85. The Morgan fingerprint density at radius 2 is 1.93 bits per heavy atom. The van der Waals surface area contributed by atoms with E-state index >= 15 is 0 Å². The van der Waals surface area contributed by atoms with E-state index in [1.54, 1.807) is 31.4 Å². The van der Waals surface area contributed by atoms with Gasteiger partial charge in [0.05, 0.1) is 24.7 Å². The Morgan fingerprint density at radius 3 is 2.66 bits per heavy atom. The molecule has 2 aromatic carbocycles. The Balaban J connectivity index is 1.58. The minimum Gasteiger partial charge on any atom is -0.497 e. The number of carbonyl (C=O) groups excluding carboxylic acids is 1. The van der Waals surface area contributed by atoms with Crippen molar-refractivity contribution >= 4 is 45.5 Å². The Labute approximate surface area is 177 Å². The number of aromatic nitrogens is 2. The maximum Gasteiger partial charge on any atom is 0.237 e. The smallest absolute Gasteiger partial charge is 0.237 e. The molecule has 1 aromatic heterocycles. The molecule has 0 saturated carbocycles. The molecule has 1 unspecified atom stereocenters. The molecule has 2 N–H and O–H groups in total. The van der Waals surface area contributed by atoms with Gasteiger partial charge in [-0.05, 0) is 50.2 Å². The molecule has 0 saturated heterocycles. The second kappa shape index (κ2) is 10.1. The molecule has 1 atom stereocenters. The van der Waals surface area contributed by atoms with Crippen molar-refractivity contribution < 1.29 is 14.3 Å². The third-order valence-electron chi connectivity index (χ3n) is 3.84. The number of thioether (sulfide) groups is 1. The summed E-state index contributed by atoms with van der Waals surface area (Å²) in [6, 6.07) is 14.9. The van der Waals surface area contributed by atoms with Crippen LogP contribution in [0.4, 0.5) is 16.5 Å². The van der Waals surface area contributed by atoms with Crippen molar-refractivity contribution in [1.29, 1.82) is 0 Å². The van der Waals surface area contributed by atoms with E-state index in [-0.39, 0.29) is 11.2 Å². The summed E-state index contributed by atoms with van der Waals surface area (Å²) in [6.07, 6.45) is 0. The SMILES string of the molecule is CCOc1ccccc1Nc1nnc(SC(C)C(=O)Nc2ccc(OC)cc2)s1. The van der Waals surface area contributed by atoms with Crippen molar-refractivity contribution in [3.63, 3.8) is 0 Å². The fourth-order valence-corrected chi connectivity index (χ4v) is 4.31. The zero-order chi connectivity index (χ0) is 20.6. The summed E-state index contributed by atoms with van der Waals surface area (Å²) in [5, 5.41) is 14.8. The van der Waals surface area contributed by atoms with Crippen LogP contribution >= 0.6 is 23.1 Å². The van der Waals surface area contributed by atoms with Gasteiger partial charge in [-0.2, -0.15) is 0 Å². The zero-order valence-corrected chi connectivity index (χ0v) is 18.0. The predicted molar refractivity (Wildman–Crippen MR) is 118 cm³/mol. The molecule has 1 amide bonds. The summed E-state index contributed by atoms with van der Waals surface area (Å²) in [6.45, 7) is 4.36. The molecule has 0 spiro atoms. The highest BCUT2D eigenvalue weighted by Gasteiger charge is 2.18. The second-order valence-corrected chi connectivity index (χ2v) is 8.47. The lowest BCUT2D eigenvalue weighted by molar-refractivity contribution is -0.115. The van der Waals surface area contributed by atoms with Crippen LogP contribution < -0.4 is 20.1 Å². The molecule has 29 heavy (non-hydrogen) atoms. The van der Waals surface area contributed by atoms with Gasteiger partial charge in [-0.3, -0.25) is 4.79 Å². The van der Waals surface area contributed by atoms with Crippen molar-refractivity contribution in [3.8, 4) is 11.5 Å². The second-order valence-electron chi connectivity index (χ2n) is 5.91. The number of anilines is 3. The number of benzene rings is 2. The average molecular weight is 431 g/mol. The van der Waals surface area contributed by atoms with Gasteiger partial charge < -0.3 is 20.1 Å². The lowest BCUT2D eigenvalue weighted by Crippen LogP contribution is -2.22. The number of rotatable bonds is 9. The number of nitrogens with one attached hydrogen (secondary N) is 2. The molecule has 0 fully saturated rings. The summed E-state index contributed by atoms with van der Waals surface area (Å²) in [7, 11) is 1.60. The number of methoxy groups -OCH3 is 1. The fraction of sp³-hybridized carbons (Fsp3) is 0.250. The van der Waals surface area contributed by atoms with Crippen molar-refractivity contribution in [1.82, 2.24) is 10.2 Å². The van der Waals surface area contributed by atoms with Crippen LogP contribution in [-0.2, 0) is 4.79 Å². The van der Waals surface area contributed by atoms with E-state index in [1.165, 1.54) is 23.1 Å². The van der Waals surface area contributed by atoms with Gasteiger partial charge in [0, 0.05) is 5.69 Å². The van der Waals surface area contributed by atoms with E-state index in [1.807, 2.05) is 38.1 Å². The molecule has 152 valence electrons. The number of hydrogen-bond donors (Lipinski definition) is 2. The molecule has 0 aliphatic heterocycles. The third-order valence-corrected chi connectivity index (χ3v) is 5.86. The Kier molecular flexibility index (Phi) is 7.31. The molecule has 7 nitrogen and oxygen atoms in total. The van der Waals surface area contributed by atoms with Crippen LogP contribution in [0.5, 0.6) is 11.5 Å². The lowest BCUT2D eigenvalue weighted by atomic mass is 10.3. The first-order chi connectivity index (χ1) is 14.1. The number of amides is 1. The van der Waals surface area contributed by atoms with Crippen molar-refractivity contribution in [2.45, 2.75) is 23.4 Å². The van der Waals surface area contributed by atoms with Gasteiger partial charge in [0.2, 0.25) is 11.0 Å². The first-order valence-corrected chi connectivity index (χ1v) is 10.7. The highest BCUT2D eigenvalue weighted by Crippen LogP contribution is 2.33. The predicted octanol–water partition coefficient (Wildman–Crippen LogP) is 4.81. The lowest BCUT2D eigenvalue weighted by Gasteiger charge is -2.10. The summed E-state index contributed by atoms with van der Waals surface area (Å²) in [5.41, 5.74) is 1.54. The molecular weight excluding hydrogens is 408 g/mol. The van der Waals surface area contributed by atoms with Crippen LogP contribution in [0.25, 0.3) is 0 Å². The standard InChI is InChI=1S/C20H22N4O3S2/c1-4-27-17-8-6-5-7-16(17)22-19-23-24-20(29-19)28-13(2)18(25)21-14-9-11-15(26-3)12-10-14/h5-13H,4H2,1-3H3,(H,21,25)(H,22,23). The highest BCUT2D eigenvalue weighted by molar-refractivity contribution is 8.02. The minimum absolute atomic E-state index is 0.105. The van der Waals surface area contributed by atoms with Crippen molar-refractivity contribution in [2.24, 2.45) is 0 Å². The van der Waals surface area contributed by atoms with Crippen molar-refractivity contribution in [3.05, 3.63) is 48.5 Å². The number of para-hydroxylation sites is 2. The van der Waals surface area contributed by atoms with E-state index in [0.717, 1.165) is 22.9 Å². The quantitative estimate of drug-likeness (QED) is 0.471. The van der Waals surface area contributed by atoms with Gasteiger partial charge >= 0.3 is 0 Å². The molecule has 3 rings (SSSR count). The van der Waals surface area contributed by atoms with E-state index in [4.69, 9.17) is 9.47 Å². The highest BCUT2D eigenvalue weighted by atomic mass is 32.2. The van der Waals surface area contributed by atoms with E-state index in [0.29, 0.717) is 16.1 Å². The summed E-state index contributed by atoms with van der Waals surface area (Å²) in [5.74, 6) is 1.39. The van der Waals surface area contributed by atoms with E-state index in [2.05, 4.69) is 20.8 Å². The average Bonchev–Trinajstić information content (AvgIpc) is 3.17. The normalized spacial score (nSPS) is 11.6. The summed E-state index contributed by atoms with van der Waals surface area (Å²) < 4.78 is 11.4. The van der Waals surface area contributed by atoms with Gasteiger partial charge in [-0.1, -0.05) is 35.2 Å². The molecule has 3 aromatic rings. The van der Waals surface area contributed by atoms with Crippen LogP contribution in [0.15, 0.2) is 52.9 Å². The molecular formula is C20H22N4O3S2. The van der Waals surface area contributed by atoms with E-state index < -0.39 is 0 Å². The first kappa shape index (κ1) is 20.9. The molecule has 1 heterocycles. The summed E-state index contributed by atoms with van der Waals surface area (Å²) >= 11 is 2.75. The number of carbonyl (C=O) groups is 1. The van der Waals surface area contributed by atoms with Gasteiger partial charge in [-0.25, -0.2) is 0 Å². The minimum atomic E-state index is -0.325. The van der Waals surface area contributed by atoms with Crippen LogP contribution in [0.1, 0.15) is 13.8 Å². The number of hydrogen-bond acceptors (Lipinski definition) is 8. The van der Waals surface area contributed by atoms with Crippen LogP contribution in [0.3, 0.4) is 0 Å².